The molecule has 158 valence electrons. The Balaban J connectivity index is 1.62. The highest BCUT2D eigenvalue weighted by Crippen LogP contribution is 2.38. The molecule has 2 aromatic rings. The third-order valence-electron chi connectivity index (χ3n) is 5.66. The van der Waals surface area contributed by atoms with Crippen LogP contribution in [0.15, 0.2) is 54.6 Å². The van der Waals surface area contributed by atoms with E-state index in [1.165, 1.54) is 12.1 Å². The van der Waals surface area contributed by atoms with Gasteiger partial charge in [-0.05, 0) is 73.8 Å². The van der Waals surface area contributed by atoms with E-state index in [0.29, 0.717) is 11.8 Å². The molecule has 1 aliphatic carbocycles. The van der Waals surface area contributed by atoms with Crippen molar-refractivity contribution in [3.05, 3.63) is 77.1 Å². The van der Waals surface area contributed by atoms with Gasteiger partial charge in [0.05, 0.1) is 11.1 Å². The Kier molecular flexibility index (Phi) is 7.20. The second-order valence-corrected chi connectivity index (χ2v) is 7.82. The van der Waals surface area contributed by atoms with Gasteiger partial charge in [-0.25, -0.2) is 4.39 Å². The lowest BCUT2D eigenvalue weighted by Gasteiger charge is -2.27. The predicted octanol–water partition coefficient (Wildman–Crippen LogP) is 7.46. The quantitative estimate of drug-likeness (QED) is 0.442. The van der Waals surface area contributed by atoms with Crippen LogP contribution >= 0.6 is 0 Å². The summed E-state index contributed by atoms with van der Waals surface area (Å²) < 4.78 is 47.4. The predicted molar refractivity (Wildman–Crippen MR) is 111 cm³/mol. The minimum absolute atomic E-state index is 0.217. The maximum atomic E-state index is 14.5. The van der Waals surface area contributed by atoms with Gasteiger partial charge in [0.1, 0.15) is 17.6 Å². The molecule has 0 amide bonds. The van der Waals surface area contributed by atoms with Crippen molar-refractivity contribution in [2.45, 2.75) is 57.5 Å². The number of benzene rings is 2. The van der Waals surface area contributed by atoms with Crippen LogP contribution in [0.3, 0.4) is 0 Å². The Morgan fingerprint density at radius 1 is 1.10 bits per heavy atom. The minimum atomic E-state index is -3.60. The maximum Gasteiger partial charge on any atom is 0.426 e. The largest absolute Gasteiger partial charge is 0.429 e. The van der Waals surface area contributed by atoms with Crippen LogP contribution in [0.2, 0.25) is 0 Å². The van der Waals surface area contributed by atoms with Crippen LogP contribution in [0.1, 0.15) is 68.1 Å². The normalized spacial score (nSPS) is 19.6. The number of alkyl halides is 2. The molecule has 0 bridgehead atoms. The summed E-state index contributed by atoms with van der Waals surface area (Å²) in [6.07, 6.45) is 7.62. The van der Waals surface area contributed by atoms with E-state index in [2.05, 4.69) is 19.1 Å². The van der Waals surface area contributed by atoms with Crippen molar-refractivity contribution in [3.8, 4) is 11.8 Å². The average molecular weight is 413 g/mol. The zero-order valence-corrected chi connectivity index (χ0v) is 17.1. The molecule has 1 saturated carbocycles. The summed E-state index contributed by atoms with van der Waals surface area (Å²) in [6, 6.07) is 11.0. The number of allylic oxidation sites excluding steroid dienone is 2. The van der Waals surface area contributed by atoms with Gasteiger partial charge in [-0.3, -0.25) is 0 Å². The van der Waals surface area contributed by atoms with E-state index in [1.54, 1.807) is 18.2 Å². The lowest BCUT2D eigenvalue weighted by atomic mass is 9.78. The zero-order chi connectivity index (χ0) is 21.6. The fourth-order valence-corrected chi connectivity index (χ4v) is 3.91. The Hall–Kier alpha value is -2.74. The van der Waals surface area contributed by atoms with Crippen molar-refractivity contribution in [1.29, 1.82) is 5.26 Å². The molecular weight excluding hydrogens is 387 g/mol. The van der Waals surface area contributed by atoms with Crippen molar-refractivity contribution < 1.29 is 17.9 Å². The van der Waals surface area contributed by atoms with Gasteiger partial charge in [0.2, 0.25) is 0 Å². The van der Waals surface area contributed by atoms with E-state index >= 15 is 0 Å². The van der Waals surface area contributed by atoms with Gasteiger partial charge < -0.3 is 4.74 Å². The van der Waals surface area contributed by atoms with Crippen molar-refractivity contribution in [3.63, 3.8) is 0 Å². The van der Waals surface area contributed by atoms with Crippen molar-refractivity contribution >= 4 is 0 Å². The van der Waals surface area contributed by atoms with Gasteiger partial charge in [0.15, 0.2) is 0 Å². The minimum Gasteiger partial charge on any atom is -0.429 e. The molecule has 5 heteroatoms. The maximum absolute atomic E-state index is 14.5. The molecule has 30 heavy (non-hydrogen) atoms. The zero-order valence-electron chi connectivity index (χ0n) is 17.1. The molecule has 0 unspecified atom stereocenters. The summed E-state index contributed by atoms with van der Waals surface area (Å²) >= 11 is 0. The number of ether oxygens (including phenoxy) is 1. The summed E-state index contributed by atoms with van der Waals surface area (Å²) in [6.45, 7) is 2.17. The highest BCUT2D eigenvalue weighted by atomic mass is 19.3. The van der Waals surface area contributed by atoms with Crippen molar-refractivity contribution in [1.82, 2.24) is 0 Å². The number of hydrogen-bond donors (Lipinski definition) is 0. The van der Waals surface area contributed by atoms with E-state index < -0.39 is 11.9 Å². The van der Waals surface area contributed by atoms with E-state index in [-0.39, 0.29) is 16.9 Å². The Morgan fingerprint density at radius 3 is 2.40 bits per heavy atom. The van der Waals surface area contributed by atoms with Crippen LogP contribution in [0.5, 0.6) is 5.75 Å². The summed E-state index contributed by atoms with van der Waals surface area (Å²) in [7, 11) is 0. The summed E-state index contributed by atoms with van der Waals surface area (Å²) in [5.74, 6) is -0.203. The SMILES string of the molecule is CCC/C=C\[C@H]1CC[C@H](c2ccc(C(F)(F)Oc3ccc(C#N)c(F)c3)cc2)CC1. The Labute approximate surface area is 176 Å². The molecule has 0 saturated heterocycles. The van der Waals surface area contributed by atoms with Crippen LogP contribution in [0.4, 0.5) is 13.2 Å². The molecule has 0 radical (unpaired) electrons. The lowest BCUT2D eigenvalue weighted by Crippen LogP contribution is -2.22. The first-order chi connectivity index (χ1) is 14.4. The van der Waals surface area contributed by atoms with E-state index in [0.717, 1.165) is 62.3 Å². The summed E-state index contributed by atoms with van der Waals surface area (Å²) in [5.41, 5.74) is 0.563. The first-order valence-corrected chi connectivity index (χ1v) is 10.5. The third-order valence-corrected chi connectivity index (χ3v) is 5.66. The number of rotatable bonds is 7. The third kappa shape index (κ3) is 5.44. The fraction of sp³-hybridized carbons (Fsp3) is 0.400. The molecule has 0 aliphatic heterocycles. The van der Waals surface area contributed by atoms with Crippen LogP contribution in [-0.4, -0.2) is 0 Å². The molecule has 0 atom stereocenters. The average Bonchev–Trinajstić information content (AvgIpc) is 2.74. The van der Waals surface area contributed by atoms with Crippen molar-refractivity contribution in [2.75, 3.05) is 0 Å². The molecule has 1 fully saturated rings. The standard InChI is InChI=1S/C25H26F3NO/c1-2-3-4-5-18-6-8-19(9-7-18)20-10-13-22(14-11-20)25(27,28)30-23-15-12-21(17-29)24(26)16-23/h4-5,10-16,18-19H,2-3,6-9H2,1H3/b5-4-/t18-,19-. The molecule has 2 aromatic carbocycles. The van der Waals surface area contributed by atoms with Crippen LogP contribution in [0, 0.1) is 23.1 Å². The smallest absolute Gasteiger partial charge is 0.426 e. The second-order valence-electron chi connectivity index (χ2n) is 7.82. The number of halogens is 3. The van der Waals surface area contributed by atoms with E-state index in [1.807, 2.05) is 0 Å². The van der Waals surface area contributed by atoms with Crippen LogP contribution in [0.25, 0.3) is 0 Å². The monoisotopic (exact) mass is 413 g/mol. The number of hydrogen-bond acceptors (Lipinski definition) is 2. The highest BCUT2D eigenvalue weighted by molar-refractivity contribution is 5.37. The first kappa shape index (κ1) is 22.0. The number of nitrogens with zero attached hydrogens (tertiary/aromatic N) is 1. The molecule has 0 aromatic heterocycles. The molecule has 0 N–H and O–H groups in total. The van der Waals surface area contributed by atoms with Gasteiger partial charge in [-0.2, -0.15) is 14.0 Å². The van der Waals surface area contributed by atoms with Gasteiger partial charge >= 0.3 is 6.11 Å². The van der Waals surface area contributed by atoms with Gasteiger partial charge in [0, 0.05) is 6.07 Å². The Morgan fingerprint density at radius 2 is 1.80 bits per heavy atom. The Bertz CT molecular complexity index is 907. The fourth-order valence-electron chi connectivity index (χ4n) is 3.91. The van der Waals surface area contributed by atoms with Crippen LogP contribution < -0.4 is 4.74 Å². The lowest BCUT2D eigenvalue weighted by molar-refractivity contribution is -0.185. The molecule has 0 spiro atoms. The molecule has 0 heterocycles. The van der Waals surface area contributed by atoms with Gasteiger partial charge in [0.25, 0.3) is 0 Å². The molecular formula is C25H26F3NO. The molecule has 3 rings (SSSR count). The molecule has 2 nitrogen and oxygen atoms in total. The topological polar surface area (TPSA) is 33.0 Å². The first-order valence-electron chi connectivity index (χ1n) is 10.5. The highest BCUT2D eigenvalue weighted by Gasteiger charge is 2.35. The summed E-state index contributed by atoms with van der Waals surface area (Å²) in [5, 5.41) is 8.73. The molecule has 1 aliphatic rings. The van der Waals surface area contributed by atoms with Crippen LogP contribution in [-0.2, 0) is 6.11 Å². The second kappa shape index (κ2) is 9.84. The number of nitriles is 1. The van der Waals surface area contributed by atoms with E-state index in [9.17, 15) is 13.2 Å². The van der Waals surface area contributed by atoms with Crippen molar-refractivity contribution in [2.24, 2.45) is 5.92 Å². The van der Waals surface area contributed by atoms with Gasteiger partial charge in [-0.15, -0.1) is 0 Å². The van der Waals surface area contributed by atoms with Gasteiger partial charge in [-0.1, -0.05) is 37.6 Å². The van der Waals surface area contributed by atoms with E-state index in [4.69, 9.17) is 10.00 Å². The summed E-state index contributed by atoms with van der Waals surface area (Å²) in [4.78, 5) is 0. The number of unbranched alkanes of at least 4 members (excludes halogenated alkanes) is 1.